The highest BCUT2D eigenvalue weighted by molar-refractivity contribution is 5.23. The summed E-state index contributed by atoms with van der Waals surface area (Å²) < 4.78 is 0. The van der Waals surface area contributed by atoms with Crippen LogP contribution in [0.25, 0.3) is 0 Å². The summed E-state index contributed by atoms with van der Waals surface area (Å²) in [6.45, 7) is 10.9. The highest BCUT2D eigenvalue weighted by Gasteiger charge is 2.20. The molecule has 1 aliphatic heterocycles. The third kappa shape index (κ3) is 5.41. The van der Waals surface area contributed by atoms with Crippen molar-refractivity contribution < 1.29 is 0 Å². The highest BCUT2D eigenvalue weighted by atomic mass is 15.2. The molecule has 25 heavy (non-hydrogen) atoms. The van der Waals surface area contributed by atoms with Crippen LogP contribution in [0.2, 0.25) is 0 Å². The van der Waals surface area contributed by atoms with Crippen LogP contribution in [-0.4, -0.2) is 34.0 Å². The van der Waals surface area contributed by atoms with Gasteiger partial charge in [-0.2, -0.15) is 0 Å². The van der Waals surface area contributed by atoms with Crippen molar-refractivity contribution in [1.82, 2.24) is 20.2 Å². The highest BCUT2D eigenvalue weighted by Crippen LogP contribution is 2.16. The Hall–Kier alpha value is -1.65. The topological polar surface area (TPSA) is 44.0 Å². The van der Waals surface area contributed by atoms with Crippen molar-refractivity contribution in [2.24, 2.45) is 5.92 Å². The summed E-state index contributed by atoms with van der Waals surface area (Å²) in [5.74, 6) is 0.720. The summed E-state index contributed by atoms with van der Waals surface area (Å²) in [6, 6.07) is 9.78. The SMILES string of the molecule is Cc1[nH]cnc1CNC1CCCN(Cc2ccc(CC(C)C)cc2)C1. The van der Waals surface area contributed by atoms with Crippen LogP contribution in [-0.2, 0) is 19.5 Å². The molecule has 1 aromatic carbocycles. The molecule has 4 heteroatoms. The number of rotatable bonds is 7. The molecule has 3 rings (SSSR count). The molecule has 0 radical (unpaired) electrons. The Balaban J connectivity index is 1.48. The van der Waals surface area contributed by atoms with Gasteiger partial charge in [0.05, 0.1) is 12.0 Å². The van der Waals surface area contributed by atoms with Crippen molar-refractivity contribution >= 4 is 0 Å². The normalized spacial score (nSPS) is 18.8. The Morgan fingerprint density at radius 3 is 2.68 bits per heavy atom. The average molecular weight is 341 g/mol. The van der Waals surface area contributed by atoms with Crippen LogP contribution < -0.4 is 5.32 Å². The fourth-order valence-corrected chi connectivity index (χ4v) is 3.68. The van der Waals surface area contributed by atoms with Crippen LogP contribution in [0.4, 0.5) is 0 Å². The van der Waals surface area contributed by atoms with Crippen molar-refractivity contribution in [2.45, 2.75) is 59.2 Å². The molecule has 0 spiro atoms. The number of aryl methyl sites for hydroxylation is 1. The van der Waals surface area contributed by atoms with Crippen LogP contribution in [0.1, 0.15) is 49.2 Å². The lowest BCUT2D eigenvalue weighted by molar-refractivity contribution is 0.182. The third-order valence-electron chi connectivity index (χ3n) is 5.07. The second kappa shape index (κ2) is 8.63. The van der Waals surface area contributed by atoms with Gasteiger partial charge in [-0.25, -0.2) is 4.98 Å². The molecule has 1 aliphatic rings. The molecule has 2 N–H and O–H groups in total. The van der Waals surface area contributed by atoms with Gasteiger partial charge in [0.15, 0.2) is 0 Å². The maximum Gasteiger partial charge on any atom is 0.0925 e. The van der Waals surface area contributed by atoms with E-state index >= 15 is 0 Å². The zero-order valence-corrected chi connectivity index (χ0v) is 15.9. The van der Waals surface area contributed by atoms with Crippen molar-refractivity contribution in [3.63, 3.8) is 0 Å². The first kappa shape index (κ1) is 18.2. The van der Waals surface area contributed by atoms with Gasteiger partial charge in [-0.15, -0.1) is 0 Å². The first-order valence-corrected chi connectivity index (χ1v) is 9.62. The lowest BCUT2D eigenvalue weighted by atomic mass is 10.0. The summed E-state index contributed by atoms with van der Waals surface area (Å²) >= 11 is 0. The van der Waals surface area contributed by atoms with Gasteiger partial charge in [-0.3, -0.25) is 4.90 Å². The monoisotopic (exact) mass is 340 g/mol. The zero-order valence-electron chi connectivity index (χ0n) is 15.9. The Morgan fingerprint density at radius 2 is 2.00 bits per heavy atom. The predicted octanol–water partition coefficient (Wildman–Crippen LogP) is 3.67. The van der Waals surface area contributed by atoms with Crippen LogP contribution >= 0.6 is 0 Å². The molecule has 4 nitrogen and oxygen atoms in total. The van der Waals surface area contributed by atoms with Crippen LogP contribution in [0.5, 0.6) is 0 Å². The number of likely N-dealkylation sites (tertiary alicyclic amines) is 1. The van der Waals surface area contributed by atoms with Crippen LogP contribution in [0, 0.1) is 12.8 Å². The first-order valence-electron chi connectivity index (χ1n) is 9.62. The lowest BCUT2D eigenvalue weighted by Gasteiger charge is -2.33. The van der Waals surface area contributed by atoms with Crippen LogP contribution in [0.3, 0.4) is 0 Å². The second-order valence-corrected chi connectivity index (χ2v) is 7.84. The van der Waals surface area contributed by atoms with E-state index < -0.39 is 0 Å². The van der Waals surface area contributed by atoms with E-state index in [0.717, 1.165) is 31.2 Å². The number of nitrogens with zero attached hydrogens (tertiary/aromatic N) is 2. The molecular formula is C21H32N4. The maximum absolute atomic E-state index is 4.38. The van der Waals surface area contributed by atoms with Crippen molar-refractivity contribution in [3.05, 3.63) is 53.1 Å². The number of H-pyrrole nitrogens is 1. The maximum atomic E-state index is 4.38. The largest absolute Gasteiger partial charge is 0.348 e. The molecule has 2 aromatic rings. The minimum Gasteiger partial charge on any atom is -0.348 e. The summed E-state index contributed by atoms with van der Waals surface area (Å²) in [4.78, 5) is 10.1. The van der Waals surface area contributed by atoms with Crippen molar-refractivity contribution in [3.8, 4) is 0 Å². The molecule has 1 atom stereocenters. The van der Waals surface area contributed by atoms with Gasteiger partial charge >= 0.3 is 0 Å². The number of hydrogen-bond acceptors (Lipinski definition) is 3. The second-order valence-electron chi connectivity index (χ2n) is 7.84. The number of nitrogens with one attached hydrogen (secondary N) is 2. The van der Waals surface area contributed by atoms with Gasteiger partial charge in [0.2, 0.25) is 0 Å². The Kier molecular flexibility index (Phi) is 6.27. The van der Waals surface area contributed by atoms with Crippen molar-refractivity contribution in [2.75, 3.05) is 13.1 Å². The van der Waals surface area contributed by atoms with E-state index in [1.54, 1.807) is 6.33 Å². The average Bonchev–Trinajstić information content (AvgIpc) is 3.00. The summed E-state index contributed by atoms with van der Waals surface area (Å²) in [7, 11) is 0. The van der Waals surface area contributed by atoms with Crippen molar-refractivity contribution in [1.29, 1.82) is 0 Å². The van der Waals surface area contributed by atoms with E-state index in [4.69, 9.17) is 0 Å². The molecule has 1 aromatic heterocycles. The Labute approximate surface area is 152 Å². The van der Waals surface area contributed by atoms with Gasteiger partial charge in [-0.1, -0.05) is 38.1 Å². The van der Waals surface area contributed by atoms with E-state index in [1.807, 2.05) is 0 Å². The summed E-state index contributed by atoms with van der Waals surface area (Å²) in [5, 5.41) is 3.69. The Bertz CT molecular complexity index is 644. The van der Waals surface area contributed by atoms with Gasteiger partial charge in [0.1, 0.15) is 0 Å². The quantitative estimate of drug-likeness (QED) is 0.808. The molecular weight excluding hydrogens is 308 g/mol. The van der Waals surface area contributed by atoms with Gasteiger partial charge in [0.25, 0.3) is 0 Å². The fourth-order valence-electron chi connectivity index (χ4n) is 3.68. The molecule has 1 fully saturated rings. The number of imidazole rings is 1. The molecule has 0 bridgehead atoms. The minimum atomic E-state index is 0.560. The number of benzene rings is 1. The summed E-state index contributed by atoms with van der Waals surface area (Å²) in [5.41, 5.74) is 5.18. The van der Waals surface area contributed by atoms with E-state index in [1.165, 1.54) is 42.6 Å². The molecule has 1 unspecified atom stereocenters. The van der Waals surface area contributed by atoms with Gasteiger partial charge in [-0.05, 0) is 49.8 Å². The Morgan fingerprint density at radius 1 is 1.24 bits per heavy atom. The standard InChI is InChI=1S/C21H32N4/c1-16(2)11-18-6-8-19(9-7-18)13-25-10-4-5-20(14-25)22-12-21-17(3)23-15-24-21/h6-9,15-16,20,22H,4-5,10-14H2,1-3H3,(H,23,24). The number of hydrogen-bond donors (Lipinski definition) is 2. The zero-order chi connectivity index (χ0) is 17.6. The third-order valence-corrected chi connectivity index (χ3v) is 5.07. The number of aromatic nitrogens is 2. The molecule has 1 saturated heterocycles. The molecule has 0 saturated carbocycles. The molecule has 0 aliphatic carbocycles. The van der Waals surface area contributed by atoms with E-state index in [9.17, 15) is 0 Å². The van der Waals surface area contributed by atoms with Gasteiger partial charge in [0, 0.05) is 31.4 Å². The summed E-state index contributed by atoms with van der Waals surface area (Å²) in [6.07, 6.45) is 5.47. The number of aromatic amines is 1. The smallest absolute Gasteiger partial charge is 0.0925 e. The van der Waals surface area contributed by atoms with Gasteiger partial charge < -0.3 is 10.3 Å². The first-order chi connectivity index (χ1) is 12.1. The fraction of sp³-hybridized carbons (Fsp3) is 0.571. The van der Waals surface area contributed by atoms with E-state index in [-0.39, 0.29) is 0 Å². The predicted molar refractivity (Wildman–Crippen MR) is 103 cm³/mol. The molecule has 136 valence electrons. The molecule has 2 heterocycles. The van der Waals surface area contributed by atoms with Crippen LogP contribution in [0.15, 0.2) is 30.6 Å². The van der Waals surface area contributed by atoms with E-state index in [0.29, 0.717) is 6.04 Å². The number of piperidine rings is 1. The molecule has 0 amide bonds. The minimum absolute atomic E-state index is 0.560. The van der Waals surface area contributed by atoms with E-state index in [2.05, 4.69) is 65.2 Å². The lowest BCUT2D eigenvalue weighted by Crippen LogP contribution is -2.45.